The maximum Gasteiger partial charge on any atom is 0.163 e. The van der Waals surface area contributed by atoms with E-state index in [0.717, 1.165) is 16.8 Å². The van der Waals surface area contributed by atoms with Crippen LogP contribution in [0, 0.1) is 0 Å². The van der Waals surface area contributed by atoms with Crippen LogP contribution in [0.2, 0.25) is 0 Å². The fourth-order valence-corrected chi connectivity index (χ4v) is 9.29. The Morgan fingerprint density at radius 1 is 0.440 bits per heavy atom. The van der Waals surface area contributed by atoms with E-state index >= 15 is 0 Å². The first-order valence-corrected chi connectivity index (χ1v) is 17.6. The molecule has 232 valence electrons. The zero-order chi connectivity index (χ0) is 32.8. The fraction of sp³-hybridized carbons (Fsp3) is 0. The maximum absolute atomic E-state index is 4.91. The van der Waals surface area contributed by atoms with E-state index in [2.05, 4.69) is 136 Å². The van der Waals surface area contributed by atoms with Crippen molar-refractivity contribution in [3.8, 4) is 28.5 Å². The molecule has 8 aromatic carbocycles. The van der Waals surface area contributed by atoms with E-state index in [1.807, 2.05) is 41.7 Å². The first-order chi connectivity index (χ1) is 24.8. The third-order valence-corrected chi connectivity index (χ3v) is 11.3. The Bertz CT molecular complexity index is 3160. The third-order valence-electron chi connectivity index (χ3n) is 10.1. The molecule has 3 aromatic heterocycles. The van der Waals surface area contributed by atoms with Crippen molar-refractivity contribution in [3.05, 3.63) is 158 Å². The second-order valence-corrected chi connectivity index (χ2v) is 13.8. The number of rotatable bonds is 3. The highest BCUT2D eigenvalue weighted by atomic mass is 32.1. The van der Waals surface area contributed by atoms with E-state index in [1.54, 1.807) is 6.33 Å². The van der Waals surface area contributed by atoms with E-state index in [4.69, 9.17) is 4.98 Å². The van der Waals surface area contributed by atoms with Gasteiger partial charge in [0.05, 0.1) is 15.7 Å². The van der Waals surface area contributed by atoms with Crippen LogP contribution in [0.5, 0.6) is 0 Å². The van der Waals surface area contributed by atoms with Gasteiger partial charge in [-0.1, -0.05) is 127 Å². The van der Waals surface area contributed by atoms with E-state index in [0.29, 0.717) is 11.6 Å². The lowest BCUT2D eigenvalue weighted by molar-refractivity contribution is 1.06. The van der Waals surface area contributed by atoms with Crippen LogP contribution in [0.4, 0.5) is 0 Å². The van der Waals surface area contributed by atoms with E-state index in [1.165, 1.54) is 74.3 Å². The Morgan fingerprint density at radius 2 is 1.02 bits per heavy atom. The highest BCUT2D eigenvalue weighted by Crippen LogP contribution is 2.51. The van der Waals surface area contributed by atoms with E-state index in [9.17, 15) is 0 Å². The van der Waals surface area contributed by atoms with Gasteiger partial charge in [-0.3, -0.25) is 0 Å². The number of fused-ring (bicyclic) bond motifs is 15. The zero-order valence-electron chi connectivity index (χ0n) is 26.7. The minimum atomic E-state index is 0.649. The van der Waals surface area contributed by atoms with Gasteiger partial charge in [0.2, 0.25) is 0 Å². The summed E-state index contributed by atoms with van der Waals surface area (Å²) in [5.74, 6) is 1.31. The Hall–Kier alpha value is -6.43. The van der Waals surface area contributed by atoms with Gasteiger partial charge < -0.3 is 4.57 Å². The summed E-state index contributed by atoms with van der Waals surface area (Å²) >= 11 is 1.89. The smallest absolute Gasteiger partial charge is 0.163 e. The summed E-state index contributed by atoms with van der Waals surface area (Å²) in [6.45, 7) is 0. The predicted molar refractivity (Wildman–Crippen MR) is 210 cm³/mol. The number of hydrogen-bond acceptors (Lipinski definition) is 4. The highest BCUT2D eigenvalue weighted by Gasteiger charge is 2.24. The van der Waals surface area contributed by atoms with Crippen molar-refractivity contribution in [2.75, 3.05) is 0 Å². The molecule has 0 radical (unpaired) electrons. The topological polar surface area (TPSA) is 43.6 Å². The molecule has 11 aromatic rings. The Kier molecular flexibility index (Phi) is 5.80. The monoisotopic (exact) mass is 654 g/mol. The summed E-state index contributed by atoms with van der Waals surface area (Å²) in [7, 11) is 0. The molecule has 0 saturated carbocycles. The summed E-state index contributed by atoms with van der Waals surface area (Å²) in [5, 5.41) is 12.9. The molecule has 3 heterocycles. The first kappa shape index (κ1) is 27.5. The molecule has 0 aliphatic heterocycles. The summed E-state index contributed by atoms with van der Waals surface area (Å²) in [6.07, 6.45) is 1.61. The molecule has 5 heteroatoms. The molecule has 0 spiro atoms. The number of thiophene rings is 1. The van der Waals surface area contributed by atoms with Gasteiger partial charge in [-0.15, -0.1) is 11.3 Å². The van der Waals surface area contributed by atoms with Gasteiger partial charge in [-0.2, -0.15) is 0 Å². The average molecular weight is 655 g/mol. The Labute approximate surface area is 290 Å². The summed E-state index contributed by atoms with van der Waals surface area (Å²) in [4.78, 5) is 14.0. The largest absolute Gasteiger partial charge is 0.308 e. The van der Waals surface area contributed by atoms with Crippen LogP contribution in [-0.4, -0.2) is 19.5 Å². The van der Waals surface area contributed by atoms with Crippen molar-refractivity contribution < 1.29 is 0 Å². The molecule has 0 atom stereocenters. The van der Waals surface area contributed by atoms with Crippen LogP contribution < -0.4 is 0 Å². The van der Waals surface area contributed by atoms with Crippen molar-refractivity contribution in [2.45, 2.75) is 0 Å². The molecule has 0 unspecified atom stereocenters. The molecule has 0 saturated heterocycles. The first-order valence-electron chi connectivity index (χ1n) is 16.8. The third kappa shape index (κ3) is 3.84. The van der Waals surface area contributed by atoms with Gasteiger partial charge in [0.1, 0.15) is 6.33 Å². The molecule has 0 amide bonds. The van der Waals surface area contributed by atoms with E-state index in [-0.39, 0.29) is 0 Å². The van der Waals surface area contributed by atoms with Gasteiger partial charge in [0.25, 0.3) is 0 Å². The number of hydrogen-bond donors (Lipinski definition) is 0. The zero-order valence-corrected chi connectivity index (χ0v) is 27.5. The van der Waals surface area contributed by atoms with Crippen molar-refractivity contribution in [1.82, 2.24) is 19.5 Å². The molecular weight excluding hydrogens is 629 g/mol. The van der Waals surface area contributed by atoms with Crippen molar-refractivity contribution in [1.29, 1.82) is 0 Å². The maximum atomic E-state index is 4.91. The van der Waals surface area contributed by atoms with Crippen molar-refractivity contribution in [3.63, 3.8) is 0 Å². The molecule has 11 rings (SSSR count). The Balaban J connectivity index is 1.32. The van der Waals surface area contributed by atoms with Gasteiger partial charge >= 0.3 is 0 Å². The van der Waals surface area contributed by atoms with Crippen LogP contribution >= 0.6 is 11.3 Å². The van der Waals surface area contributed by atoms with Crippen molar-refractivity contribution >= 4 is 85.6 Å². The second kappa shape index (κ2) is 10.5. The van der Waals surface area contributed by atoms with Crippen LogP contribution in [-0.2, 0) is 0 Å². The van der Waals surface area contributed by atoms with E-state index < -0.39 is 0 Å². The van der Waals surface area contributed by atoms with Crippen LogP contribution in [0.1, 0.15) is 0 Å². The minimum Gasteiger partial charge on any atom is -0.308 e. The summed E-state index contributed by atoms with van der Waals surface area (Å²) in [5.41, 5.74) is 5.38. The van der Waals surface area contributed by atoms with Gasteiger partial charge in [-0.05, 0) is 45.8 Å². The molecule has 0 N–H and O–H groups in total. The molecule has 0 aliphatic carbocycles. The van der Waals surface area contributed by atoms with Crippen LogP contribution in [0.3, 0.4) is 0 Å². The summed E-state index contributed by atoms with van der Waals surface area (Å²) in [6, 6.07) is 54.3. The van der Waals surface area contributed by atoms with Crippen molar-refractivity contribution in [2.24, 2.45) is 0 Å². The lowest BCUT2D eigenvalue weighted by Gasteiger charge is -2.15. The second-order valence-electron chi connectivity index (χ2n) is 12.8. The molecule has 0 fully saturated rings. The Morgan fingerprint density at radius 3 is 1.78 bits per heavy atom. The lowest BCUT2D eigenvalue weighted by Crippen LogP contribution is -1.98. The minimum absolute atomic E-state index is 0.649. The number of benzene rings is 8. The van der Waals surface area contributed by atoms with Gasteiger partial charge in [-0.25, -0.2) is 15.0 Å². The fourth-order valence-electron chi connectivity index (χ4n) is 8.04. The van der Waals surface area contributed by atoms with Gasteiger partial charge in [0.15, 0.2) is 11.6 Å². The number of para-hydroxylation sites is 1. The standard InChI is InChI=1S/C45H26N4S/c1-2-13-27(14-3-1)44-46-26-47-45(48-44)28-15-12-16-29(25-28)49-36-23-10-8-21-34(36)40-38-32-19-6-4-17-30(32)31-18-5-7-20-33(31)39(38)41-35-22-9-11-24-37(35)50-43(41)42(40)49/h1-26H. The number of aromatic nitrogens is 4. The van der Waals surface area contributed by atoms with Crippen LogP contribution in [0.25, 0.3) is 103 Å². The molecule has 4 nitrogen and oxygen atoms in total. The molecule has 50 heavy (non-hydrogen) atoms. The average Bonchev–Trinajstić information content (AvgIpc) is 3.75. The molecular formula is C45H26N4S. The molecule has 0 aliphatic rings. The summed E-state index contributed by atoms with van der Waals surface area (Å²) < 4.78 is 5.05. The quantitative estimate of drug-likeness (QED) is 0.178. The lowest BCUT2D eigenvalue weighted by atomic mass is 9.89. The van der Waals surface area contributed by atoms with Crippen LogP contribution in [0.15, 0.2) is 158 Å². The molecule has 0 bridgehead atoms. The normalized spacial score (nSPS) is 12.0. The SMILES string of the molecule is c1ccc(-c2ncnc(-c3cccc(-n4c5ccccc5c5c6c7ccccc7c7ccccc7c6c6c7ccccc7sc6c54)c3)n2)cc1. The highest BCUT2D eigenvalue weighted by molar-refractivity contribution is 7.27. The predicted octanol–water partition coefficient (Wildman–Crippen LogP) is 12.1. The van der Waals surface area contributed by atoms with Gasteiger partial charge in [0, 0.05) is 53.8 Å². The number of nitrogens with zero attached hydrogens (tertiary/aromatic N) is 4.